The number of halogens is 2. The number of hydrogen-bond acceptors (Lipinski definition) is 2. The molecule has 1 fully saturated rings. The third kappa shape index (κ3) is 3.60. The van der Waals surface area contributed by atoms with Gasteiger partial charge in [0.05, 0.1) is 6.04 Å². The van der Waals surface area contributed by atoms with E-state index in [0.29, 0.717) is 15.7 Å². The summed E-state index contributed by atoms with van der Waals surface area (Å²) in [6.07, 6.45) is 3.09. The number of hydrogen-bond donors (Lipinski definition) is 2. The maximum absolute atomic E-state index is 11.9. The molecule has 0 bridgehead atoms. The van der Waals surface area contributed by atoms with Crippen molar-refractivity contribution in [2.75, 3.05) is 11.9 Å². The van der Waals surface area contributed by atoms with Gasteiger partial charge in [-0.15, -0.1) is 0 Å². The molecule has 2 N–H and O–H groups in total. The number of amides is 1. The van der Waals surface area contributed by atoms with Gasteiger partial charge in [-0.25, -0.2) is 0 Å². The Labute approximate surface area is 110 Å². The molecular weight excluding hydrogens is 259 g/mol. The number of carbonyl (C=O) groups excluding carboxylic acids is 1. The quantitative estimate of drug-likeness (QED) is 0.869. The van der Waals surface area contributed by atoms with Crippen LogP contribution in [0.4, 0.5) is 5.69 Å². The third-order valence-electron chi connectivity index (χ3n) is 2.76. The van der Waals surface area contributed by atoms with Crippen molar-refractivity contribution in [1.29, 1.82) is 0 Å². The van der Waals surface area contributed by atoms with Gasteiger partial charge in [-0.1, -0.05) is 29.6 Å². The summed E-state index contributed by atoms with van der Waals surface area (Å²) in [7, 11) is 0. The summed E-state index contributed by atoms with van der Waals surface area (Å²) in [6, 6.07) is 4.90. The summed E-state index contributed by atoms with van der Waals surface area (Å²) < 4.78 is 0. The van der Waals surface area contributed by atoms with E-state index in [-0.39, 0.29) is 11.9 Å². The number of rotatable bonds is 2. The van der Waals surface area contributed by atoms with Crippen LogP contribution in [0.2, 0.25) is 10.0 Å². The highest BCUT2D eigenvalue weighted by Gasteiger charge is 2.20. The van der Waals surface area contributed by atoms with Crippen LogP contribution in [0.5, 0.6) is 0 Å². The second kappa shape index (κ2) is 5.71. The van der Waals surface area contributed by atoms with Crippen molar-refractivity contribution < 1.29 is 4.79 Å². The second-order valence-electron chi connectivity index (χ2n) is 4.15. The van der Waals surface area contributed by atoms with Gasteiger partial charge in [-0.3, -0.25) is 4.79 Å². The van der Waals surface area contributed by atoms with Crippen LogP contribution in [0.25, 0.3) is 0 Å². The fourth-order valence-corrected chi connectivity index (χ4v) is 2.46. The topological polar surface area (TPSA) is 41.1 Å². The highest BCUT2D eigenvalue weighted by Crippen LogP contribution is 2.22. The number of nitrogens with one attached hydrogen (secondary N) is 2. The third-order valence-corrected chi connectivity index (χ3v) is 3.19. The maximum atomic E-state index is 11.9. The molecule has 1 amide bonds. The van der Waals surface area contributed by atoms with Crippen LogP contribution in [0, 0.1) is 0 Å². The lowest BCUT2D eigenvalue weighted by molar-refractivity contribution is -0.118. The largest absolute Gasteiger partial charge is 0.325 e. The Balaban J connectivity index is 2.01. The lowest BCUT2D eigenvalue weighted by atomic mass is 10.0. The van der Waals surface area contributed by atoms with Gasteiger partial charge >= 0.3 is 0 Å². The maximum Gasteiger partial charge on any atom is 0.241 e. The predicted molar refractivity (Wildman–Crippen MR) is 70.7 cm³/mol. The van der Waals surface area contributed by atoms with Crippen LogP contribution in [-0.4, -0.2) is 18.5 Å². The first-order valence-corrected chi connectivity index (χ1v) is 6.41. The molecule has 17 heavy (non-hydrogen) atoms. The summed E-state index contributed by atoms with van der Waals surface area (Å²) in [4.78, 5) is 11.9. The first kappa shape index (κ1) is 12.7. The van der Waals surface area contributed by atoms with Crippen molar-refractivity contribution in [1.82, 2.24) is 5.32 Å². The standard InChI is InChI=1S/C12H14Cl2N2O/c13-8-5-9(14)7-10(6-8)16-12(17)11-3-1-2-4-15-11/h5-7,11,15H,1-4H2,(H,16,17). The van der Waals surface area contributed by atoms with Gasteiger partial charge in [0, 0.05) is 15.7 Å². The molecule has 1 aromatic rings. The molecule has 0 saturated carbocycles. The summed E-state index contributed by atoms with van der Waals surface area (Å²) in [5.41, 5.74) is 0.639. The number of anilines is 1. The molecule has 1 aliphatic heterocycles. The van der Waals surface area contributed by atoms with E-state index in [9.17, 15) is 4.79 Å². The monoisotopic (exact) mass is 272 g/mol. The molecule has 5 heteroatoms. The summed E-state index contributed by atoms with van der Waals surface area (Å²) in [6.45, 7) is 0.897. The minimum Gasteiger partial charge on any atom is -0.325 e. The second-order valence-corrected chi connectivity index (χ2v) is 5.02. The molecule has 0 aliphatic carbocycles. The molecule has 1 unspecified atom stereocenters. The van der Waals surface area contributed by atoms with Gasteiger partial charge < -0.3 is 10.6 Å². The smallest absolute Gasteiger partial charge is 0.241 e. The zero-order valence-corrected chi connectivity index (χ0v) is 10.8. The van der Waals surface area contributed by atoms with Crippen molar-refractivity contribution in [2.45, 2.75) is 25.3 Å². The first-order valence-electron chi connectivity index (χ1n) is 5.65. The molecule has 0 aromatic heterocycles. The Hall–Kier alpha value is -0.770. The molecular formula is C12H14Cl2N2O. The number of benzene rings is 1. The van der Waals surface area contributed by atoms with Gasteiger partial charge in [-0.2, -0.15) is 0 Å². The van der Waals surface area contributed by atoms with Crippen molar-refractivity contribution in [3.05, 3.63) is 28.2 Å². The molecule has 3 nitrogen and oxygen atoms in total. The summed E-state index contributed by atoms with van der Waals surface area (Å²) in [5, 5.41) is 7.05. The average molecular weight is 273 g/mol. The van der Waals surface area contributed by atoms with Crippen LogP contribution in [0.1, 0.15) is 19.3 Å². The van der Waals surface area contributed by atoms with E-state index in [1.165, 1.54) is 0 Å². The van der Waals surface area contributed by atoms with E-state index >= 15 is 0 Å². The van der Waals surface area contributed by atoms with E-state index in [1.54, 1.807) is 18.2 Å². The lowest BCUT2D eigenvalue weighted by Crippen LogP contribution is -2.43. The van der Waals surface area contributed by atoms with E-state index < -0.39 is 0 Å². The average Bonchev–Trinajstić information content (AvgIpc) is 2.28. The van der Waals surface area contributed by atoms with E-state index in [1.807, 2.05) is 0 Å². The molecule has 1 aromatic carbocycles. The van der Waals surface area contributed by atoms with Gasteiger partial charge in [-0.05, 0) is 37.6 Å². The Morgan fingerprint density at radius 1 is 1.24 bits per heavy atom. The van der Waals surface area contributed by atoms with Gasteiger partial charge in [0.1, 0.15) is 0 Å². The van der Waals surface area contributed by atoms with Crippen LogP contribution in [-0.2, 0) is 4.79 Å². The molecule has 2 rings (SSSR count). The van der Waals surface area contributed by atoms with Crippen LogP contribution in [0.3, 0.4) is 0 Å². The minimum absolute atomic E-state index is 0.0250. The molecule has 0 spiro atoms. The van der Waals surface area contributed by atoms with Gasteiger partial charge in [0.25, 0.3) is 0 Å². The fourth-order valence-electron chi connectivity index (χ4n) is 1.93. The molecule has 1 saturated heterocycles. The van der Waals surface area contributed by atoms with Crippen LogP contribution < -0.4 is 10.6 Å². The molecule has 92 valence electrons. The fraction of sp³-hybridized carbons (Fsp3) is 0.417. The Morgan fingerprint density at radius 2 is 1.94 bits per heavy atom. The molecule has 1 aliphatic rings. The highest BCUT2D eigenvalue weighted by molar-refractivity contribution is 6.35. The zero-order valence-electron chi connectivity index (χ0n) is 9.30. The van der Waals surface area contributed by atoms with Crippen molar-refractivity contribution >= 4 is 34.8 Å². The van der Waals surface area contributed by atoms with Crippen molar-refractivity contribution in [3.8, 4) is 0 Å². The van der Waals surface area contributed by atoms with E-state index in [4.69, 9.17) is 23.2 Å². The lowest BCUT2D eigenvalue weighted by Gasteiger charge is -2.22. The molecule has 1 heterocycles. The highest BCUT2D eigenvalue weighted by atomic mass is 35.5. The molecule has 1 atom stereocenters. The van der Waals surface area contributed by atoms with Crippen molar-refractivity contribution in [2.24, 2.45) is 0 Å². The normalized spacial score (nSPS) is 20.0. The molecule has 0 radical (unpaired) electrons. The van der Waals surface area contributed by atoms with E-state index in [0.717, 1.165) is 25.8 Å². The van der Waals surface area contributed by atoms with Crippen molar-refractivity contribution in [3.63, 3.8) is 0 Å². The predicted octanol–water partition coefficient (Wildman–Crippen LogP) is 3.07. The Bertz CT molecular complexity index is 397. The minimum atomic E-state index is -0.110. The number of carbonyl (C=O) groups is 1. The number of piperidine rings is 1. The van der Waals surface area contributed by atoms with Gasteiger partial charge in [0.2, 0.25) is 5.91 Å². The Morgan fingerprint density at radius 3 is 2.53 bits per heavy atom. The zero-order chi connectivity index (χ0) is 12.3. The van der Waals surface area contributed by atoms with E-state index in [2.05, 4.69) is 10.6 Å². The van der Waals surface area contributed by atoms with Crippen LogP contribution >= 0.6 is 23.2 Å². The van der Waals surface area contributed by atoms with Gasteiger partial charge in [0.15, 0.2) is 0 Å². The first-order chi connectivity index (χ1) is 8.15. The SMILES string of the molecule is O=C(Nc1cc(Cl)cc(Cl)c1)C1CCCCN1. The Kier molecular flexibility index (Phi) is 4.26. The van der Waals surface area contributed by atoms with Crippen LogP contribution in [0.15, 0.2) is 18.2 Å². The summed E-state index contributed by atoms with van der Waals surface area (Å²) in [5.74, 6) is -0.0250. The summed E-state index contributed by atoms with van der Waals surface area (Å²) >= 11 is 11.7.